The average molecular weight is 439 g/mol. The molecule has 0 aliphatic carbocycles. The van der Waals surface area contributed by atoms with Gasteiger partial charge in [-0.3, -0.25) is 5.01 Å². The third-order valence-corrected chi connectivity index (χ3v) is 5.26. The lowest BCUT2D eigenvalue weighted by Gasteiger charge is -2.24. The van der Waals surface area contributed by atoms with Crippen LogP contribution in [0.4, 0.5) is 10.5 Å². The second-order valence-corrected chi connectivity index (χ2v) is 7.58. The summed E-state index contributed by atoms with van der Waals surface area (Å²) < 4.78 is 11.5. The van der Waals surface area contributed by atoms with Gasteiger partial charge in [0.25, 0.3) is 0 Å². The van der Waals surface area contributed by atoms with Gasteiger partial charge in [-0.05, 0) is 54.8 Å². The number of hydrogen-bond acceptors (Lipinski definition) is 7. The normalized spacial score (nSPS) is 13.4. The molecule has 3 rings (SSSR count). The number of nitrogens with two attached hydrogens (primary N) is 2. The highest BCUT2D eigenvalue weighted by molar-refractivity contribution is 5.99. The number of fused-ring (bicyclic) bond motifs is 1. The molecular weight excluding hydrogens is 408 g/mol. The van der Waals surface area contributed by atoms with E-state index in [-0.39, 0.29) is 6.61 Å². The summed E-state index contributed by atoms with van der Waals surface area (Å²) in [5.74, 6) is 13.0. The van der Waals surface area contributed by atoms with E-state index in [1.54, 1.807) is 6.07 Å². The van der Waals surface area contributed by atoms with Gasteiger partial charge >= 0.3 is 6.03 Å². The van der Waals surface area contributed by atoms with Gasteiger partial charge in [-0.1, -0.05) is 19.1 Å². The van der Waals surface area contributed by atoms with Crippen molar-refractivity contribution in [3.8, 4) is 5.75 Å². The van der Waals surface area contributed by atoms with E-state index in [0.29, 0.717) is 18.0 Å². The number of hydrazine groups is 2. The molecule has 2 aromatic rings. The molecule has 2 amide bonds. The minimum Gasteiger partial charge on any atom is -0.493 e. The van der Waals surface area contributed by atoms with Crippen LogP contribution in [0.15, 0.2) is 46.6 Å². The average Bonchev–Trinajstić information content (AvgIpc) is 3.26. The number of anilines is 1. The lowest BCUT2D eigenvalue weighted by Crippen LogP contribution is -2.49. The molecule has 9 nitrogen and oxygen atoms in total. The molecule has 0 atom stereocenters. The van der Waals surface area contributed by atoms with Gasteiger partial charge in [0, 0.05) is 25.5 Å². The number of amides is 2. The predicted octanol–water partition coefficient (Wildman–Crippen LogP) is 3.28. The molecule has 32 heavy (non-hydrogen) atoms. The zero-order valence-corrected chi connectivity index (χ0v) is 19.0. The van der Waals surface area contributed by atoms with Crippen LogP contribution in [0, 0.1) is 6.92 Å². The quantitative estimate of drug-likeness (QED) is 0.236. The second kappa shape index (κ2) is 10.3. The van der Waals surface area contributed by atoms with Crippen LogP contribution in [0.25, 0.3) is 0 Å². The highest BCUT2D eigenvalue weighted by Gasteiger charge is 2.19. The van der Waals surface area contributed by atoms with E-state index in [2.05, 4.69) is 16.3 Å². The van der Waals surface area contributed by atoms with Crippen LogP contribution in [0.5, 0.6) is 5.75 Å². The van der Waals surface area contributed by atoms with E-state index in [4.69, 9.17) is 21.2 Å². The number of benzene rings is 2. The van der Waals surface area contributed by atoms with Crippen LogP contribution in [-0.2, 0) is 17.8 Å². The first kappa shape index (κ1) is 23.2. The van der Waals surface area contributed by atoms with E-state index in [1.807, 2.05) is 45.0 Å². The van der Waals surface area contributed by atoms with Crippen LogP contribution in [0.3, 0.4) is 0 Å². The number of carbonyl (C=O) groups excluding carboxylic acids is 1. The molecule has 1 aliphatic rings. The minimum absolute atomic E-state index is 0.189. The molecule has 0 saturated heterocycles. The summed E-state index contributed by atoms with van der Waals surface area (Å²) in [5.41, 5.74) is 5.19. The topological polar surface area (TPSA) is 119 Å². The summed E-state index contributed by atoms with van der Waals surface area (Å²) in [5, 5.41) is 10.6. The van der Waals surface area contributed by atoms with Gasteiger partial charge < -0.3 is 9.47 Å². The highest BCUT2D eigenvalue weighted by Crippen LogP contribution is 2.26. The standard InChI is InChI=1S/C23H30N6O3/c1-5-22(27-26-16(3)17-9-10-21-18(13-17)11-12-31-21)32-14-19-15(2)7-6-8-20(19)29(25)23(30)28(4)24/h6-10,13H,5,11-12,14,24-25H2,1-4H3/b26-16?,27-22-. The minimum atomic E-state index is -0.541. The Morgan fingerprint density at radius 2 is 2.00 bits per heavy atom. The Hall–Kier alpha value is -3.43. The van der Waals surface area contributed by atoms with Gasteiger partial charge in [0.05, 0.1) is 18.0 Å². The van der Waals surface area contributed by atoms with E-state index in [0.717, 1.165) is 51.2 Å². The van der Waals surface area contributed by atoms with Crippen molar-refractivity contribution >= 4 is 23.3 Å². The van der Waals surface area contributed by atoms with Crippen molar-refractivity contribution in [2.24, 2.45) is 21.9 Å². The Kier molecular flexibility index (Phi) is 7.45. The van der Waals surface area contributed by atoms with Crippen LogP contribution in [0.1, 0.15) is 42.5 Å². The molecule has 9 heteroatoms. The summed E-state index contributed by atoms with van der Waals surface area (Å²) >= 11 is 0. The van der Waals surface area contributed by atoms with Crippen molar-refractivity contribution in [2.45, 2.75) is 40.2 Å². The van der Waals surface area contributed by atoms with Crippen molar-refractivity contribution in [3.05, 3.63) is 58.7 Å². The SMILES string of the molecule is CC/C(=N/N=C(C)c1ccc2c(c1)CCO2)OCc1c(C)cccc1N(N)C(=O)N(C)N. The predicted molar refractivity (Wildman–Crippen MR) is 126 cm³/mol. The van der Waals surface area contributed by atoms with Crippen molar-refractivity contribution in [2.75, 3.05) is 18.7 Å². The number of urea groups is 1. The smallest absolute Gasteiger partial charge is 0.352 e. The first-order valence-electron chi connectivity index (χ1n) is 10.5. The molecule has 0 saturated carbocycles. The van der Waals surface area contributed by atoms with Gasteiger partial charge in [-0.15, -0.1) is 5.10 Å². The summed E-state index contributed by atoms with van der Waals surface area (Å²) in [4.78, 5) is 12.2. The van der Waals surface area contributed by atoms with Crippen LogP contribution in [-0.4, -0.2) is 36.3 Å². The van der Waals surface area contributed by atoms with Gasteiger partial charge in [0.15, 0.2) is 0 Å². The maximum Gasteiger partial charge on any atom is 0.352 e. The first-order valence-corrected chi connectivity index (χ1v) is 10.5. The monoisotopic (exact) mass is 438 g/mol. The van der Waals surface area contributed by atoms with Crippen LogP contribution in [0.2, 0.25) is 0 Å². The summed E-state index contributed by atoms with van der Waals surface area (Å²) in [6.45, 7) is 6.69. The van der Waals surface area contributed by atoms with Crippen LogP contribution >= 0.6 is 0 Å². The van der Waals surface area contributed by atoms with Gasteiger partial charge in [-0.2, -0.15) is 5.10 Å². The van der Waals surface area contributed by atoms with Crippen molar-refractivity contribution < 1.29 is 14.3 Å². The number of hydrogen-bond donors (Lipinski definition) is 2. The number of rotatable bonds is 6. The van der Waals surface area contributed by atoms with Gasteiger partial charge in [0.1, 0.15) is 12.4 Å². The fraction of sp³-hybridized carbons (Fsp3) is 0.348. The Morgan fingerprint density at radius 3 is 2.72 bits per heavy atom. The number of carbonyl (C=O) groups is 1. The van der Waals surface area contributed by atoms with Crippen molar-refractivity contribution in [1.29, 1.82) is 0 Å². The van der Waals surface area contributed by atoms with E-state index in [1.165, 1.54) is 12.6 Å². The number of aryl methyl sites for hydroxylation is 1. The van der Waals surface area contributed by atoms with Gasteiger partial charge in [-0.25, -0.2) is 21.5 Å². The maximum absolute atomic E-state index is 12.2. The van der Waals surface area contributed by atoms with Crippen molar-refractivity contribution in [3.63, 3.8) is 0 Å². The van der Waals surface area contributed by atoms with Crippen molar-refractivity contribution in [1.82, 2.24) is 5.01 Å². The zero-order valence-electron chi connectivity index (χ0n) is 19.0. The first-order chi connectivity index (χ1) is 15.3. The molecule has 1 aliphatic heterocycles. The highest BCUT2D eigenvalue weighted by atomic mass is 16.5. The lowest BCUT2D eigenvalue weighted by atomic mass is 10.1. The molecule has 0 spiro atoms. The third kappa shape index (κ3) is 5.24. The fourth-order valence-corrected chi connectivity index (χ4v) is 3.33. The maximum atomic E-state index is 12.2. The number of ether oxygens (including phenoxy) is 2. The van der Waals surface area contributed by atoms with E-state index in [9.17, 15) is 4.79 Å². The molecule has 0 unspecified atom stereocenters. The fourth-order valence-electron chi connectivity index (χ4n) is 3.33. The molecular formula is C23H30N6O3. The summed E-state index contributed by atoms with van der Waals surface area (Å²) in [7, 11) is 1.43. The molecule has 0 fully saturated rings. The third-order valence-electron chi connectivity index (χ3n) is 5.26. The summed E-state index contributed by atoms with van der Waals surface area (Å²) in [6, 6.07) is 11.0. The molecule has 4 N–H and O–H groups in total. The molecule has 0 aromatic heterocycles. The largest absolute Gasteiger partial charge is 0.493 e. The number of nitrogens with zero attached hydrogens (tertiary/aromatic N) is 4. The van der Waals surface area contributed by atoms with Gasteiger partial charge in [0.2, 0.25) is 5.90 Å². The lowest BCUT2D eigenvalue weighted by molar-refractivity contribution is 0.216. The molecule has 0 bridgehead atoms. The summed E-state index contributed by atoms with van der Waals surface area (Å²) in [6.07, 6.45) is 1.47. The Morgan fingerprint density at radius 1 is 1.22 bits per heavy atom. The molecule has 170 valence electrons. The Labute approximate surface area is 188 Å². The van der Waals surface area contributed by atoms with E-state index < -0.39 is 6.03 Å². The molecule has 0 radical (unpaired) electrons. The Balaban J connectivity index is 1.76. The Bertz CT molecular complexity index is 1050. The van der Waals surface area contributed by atoms with E-state index >= 15 is 0 Å². The molecule has 2 aromatic carbocycles. The second-order valence-electron chi connectivity index (χ2n) is 7.58. The van der Waals surface area contributed by atoms with Crippen LogP contribution < -0.4 is 21.4 Å². The zero-order chi connectivity index (χ0) is 23.3. The molecule has 1 heterocycles.